The van der Waals surface area contributed by atoms with Crippen LogP contribution in [0.1, 0.15) is 24.0 Å². The van der Waals surface area contributed by atoms with E-state index in [2.05, 4.69) is 0 Å². The molecular weight excluding hydrogens is 295 g/mol. The molecule has 0 saturated carbocycles. The molecule has 0 unspecified atom stereocenters. The maximum absolute atomic E-state index is 14.3. The van der Waals surface area contributed by atoms with Crippen molar-refractivity contribution in [1.29, 1.82) is 0 Å². The molecule has 0 saturated heterocycles. The Balaban J connectivity index is 2.08. The van der Waals surface area contributed by atoms with E-state index in [1.165, 1.54) is 19.3 Å². The van der Waals surface area contributed by atoms with Gasteiger partial charge in [-0.05, 0) is 59.7 Å². The zero-order chi connectivity index (χ0) is 16.4. The lowest BCUT2D eigenvalue weighted by Gasteiger charge is -2.20. The summed E-state index contributed by atoms with van der Waals surface area (Å²) >= 11 is 0. The molecule has 118 valence electrons. The third-order valence-corrected chi connectivity index (χ3v) is 4.13. The van der Waals surface area contributed by atoms with E-state index >= 15 is 0 Å². The Hall–Kier alpha value is -2.62. The van der Waals surface area contributed by atoms with Gasteiger partial charge in [-0.15, -0.1) is 0 Å². The Morgan fingerprint density at radius 3 is 2.70 bits per heavy atom. The van der Waals surface area contributed by atoms with Crippen LogP contribution in [-0.4, -0.2) is 18.2 Å². The molecule has 1 aliphatic rings. The van der Waals surface area contributed by atoms with E-state index in [0.29, 0.717) is 11.3 Å². The van der Waals surface area contributed by atoms with E-state index < -0.39 is 5.97 Å². The minimum Gasteiger partial charge on any atom is -0.497 e. The van der Waals surface area contributed by atoms with Crippen LogP contribution >= 0.6 is 0 Å². The molecule has 0 amide bonds. The molecule has 2 aromatic carbocycles. The molecule has 3 rings (SSSR count). The summed E-state index contributed by atoms with van der Waals surface area (Å²) in [6, 6.07) is 10.5. The zero-order valence-electron chi connectivity index (χ0n) is 12.8. The minimum absolute atomic E-state index is 0.358. The summed E-state index contributed by atoms with van der Waals surface area (Å²) in [5.74, 6) is -0.839. The summed E-state index contributed by atoms with van der Waals surface area (Å²) in [5, 5.41) is 9.03. The fourth-order valence-corrected chi connectivity index (χ4v) is 3.02. The fraction of sp³-hybridized carbons (Fsp3) is 0.211. The Morgan fingerprint density at radius 2 is 2.00 bits per heavy atom. The predicted octanol–water partition coefficient (Wildman–Crippen LogP) is 4.31. The van der Waals surface area contributed by atoms with Gasteiger partial charge in [0, 0.05) is 17.7 Å². The molecule has 0 aliphatic heterocycles. The van der Waals surface area contributed by atoms with Gasteiger partial charge in [0.05, 0.1) is 7.11 Å². The third-order valence-electron chi connectivity index (χ3n) is 4.13. The van der Waals surface area contributed by atoms with Crippen LogP contribution in [0.5, 0.6) is 5.75 Å². The van der Waals surface area contributed by atoms with E-state index in [4.69, 9.17) is 9.84 Å². The van der Waals surface area contributed by atoms with Gasteiger partial charge < -0.3 is 9.84 Å². The second-order valence-corrected chi connectivity index (χ2v) is 5.58. The molecule has 0 atom stereocenters. The Morgan fingerprint density at radius 1 is 1.17 bits per heavy atom. The summed E-state index contributed by atoms with van der Waals surface area (Å²) in [6.07, 6.45) is 3.83. The number of hydrogen-bond acceptors (Lipinski definition) is 2. The van der Waals surface area contributed by atoms with Gasteiger partial charge in [-0.3, -0.25) is 0 Å². The number of benzene rings is 2. The van der Waals surface area contributed by atoms with Crippen molar-refractivity contribution in [2.24, 2.45) is 0 Å². The lowest BCUT2D eigenvalue weighted by molar-refractivity contribution is -0.131. The van der Waals surface area contributed by atoms with Crippen molar-refractivity contribution in [3.63, 3.8) is 0 Å². The number of hydrogen-bond donors (Lipinski definition) is 1. The minimum atomic E-state index is -0.950. The summed E-state index contributed by atoms with van der Waals surface area (Å²) < 4.78 is 19.3. The maximum atomic E-state index is 14.3. The van der Waals surface area contributed by atoms with Crippen LogP contribution in [0, 0.1) is 5.82 Å². The first-order valence-corrected chi connectivity index (χ1v) is 7.49. The zero-order valence-corrected chi connectivity index (χ0v) is 12.8. The number of carbonyl (C=O) groups is 1. The number of carboxylic acids is 1. The summed E-state index contributed by atoms with van der Waals surface area (Å²) in [5.41, 5.74) is 4.04. The number of rotatable bonds is 3. The highest BCUT2D eigenvalue weighted by molar-refractivity contribution is 5.91. The molecular formula is C19H17FO3. The average Bonchev–Trinajstić information content (AvgIpc) is 2.54. The van der Waals surface area contributed by atoms with Gasteiger partial charge in [-0.1, -0.05) is 12.1 Å². The largest absolute Gasteiger partial charge is 0.497 e. The van der Waals surface area contributed by atoms with E-state index in [1.54, 1.807) is 12.1 Å². The normalized spacial score (nSPS) is 15.3. The maximum Gasteiger partial charge on any atom is 0.328 e. The van der Waals surface area contributed by atoms with E-state index in [-0.39, 0.29) is 5.82 Å². The van der Waals surface area contributed by atoms with Crippen molar-refractivity contribution >= 4 is 11.5 Å². The predicted molar refractivity (Wildman–Crippen MR) is 86.9 cm³/mol. The number of carboxylic acid groups (broad SMARTS) is 1. The van der Waals surface area contributed by atoms with Crippen molar-refractivity contribution < 1.29 is 19.0 Å². The number of aryl methyl sites for hydroxylation is 1. The number of fused-ring (bicyclic) bond motifs is 1. The average molecular weight is 312 g/mol. The van der Waals surface area contributed by atoms with Crippen molar-refractivity contribution in [2.45, 2.75) is 19.3 Å². The molecule has 1 N–H and O–H groups in total. The molecule has 0 bridgehead atoms. The van der Waals surface area contributed by atoms with Gasteiger partial charge in [0.2, 0.25) is 0 Å². The Kier molecular flexibility index (Phi) is 4.15. The van der Waals surface area contributed by atoms with Gasteiger partial charge in [0.1, 0.15) is 11.6 Å². The quantitative estimate of drug-likeness (QED) is 0.859. The summed E-state index contributed by atoms with van der Waals surface area (Å²) in [4.78, 5) is 11.0. The van der Waals surface area contributed by atoms with E-state index in [0.717, 1.165) is 41.5 Å². The van der Waals surface area contributed by atoms with Gasteiger partial charge in [-0.25, -0.2) is 9.18 Å². The monoisotopic (exact) mass is 312 g/mol. The molecule has 3 nitrogen and oxygen atoms in total. The number of halogens is 1. The van der Waals surface area contributed by atoms with Gasteiger partial charge in [0.25, 0.3) is 0 Å². The first-order valence-electron chi connectivity index (χ1n) is 7.49. The third kappa shape index (κ3) is 3.11. The Labute approximate surface area is 134 Å². The van der Waals surface area contributed by atoms with Crippen LogP contribution in [0.4, 0.5) is 4.39 Å². The molecule has 0 fully saturated rings. The highest BCUT2D eigenvalue weighted by Gasteiger charge is 2.17. The van der Waals surface area contributed by atoms with Crippen molar-refractivity contribution in [1.82, 2.24) is 0 Å². The SMILES string of the molecule is COc1ccc(-c2ccc3c(c2)/C(=C/C(=O)O)CCC3)c(F)c1. The number of allylic oxidation sites excluding steroid dienone is 1. The lowest BCUT2D eigenvalue weighted by Crippen LogP contribution is -2.04. The molecule has 23 heavy (non-hydrogen) atoms. The second kappa shape index (κ2) is 6.24. The summed E-state index contributed by atoms with van der Waals surface area (Å²) in [7, 11) is 1.50. The van der Waals surface area contributed by atoms with Crippen LogP contribution < -0.4 is 4.74 Å². The topological polar surface area (TPSA) is 46.5 Å². The smallest absolute Gasteiger partial charge is 0.328 e. The van der Waals surface area contributed by atoms with Crippen molar-refractivity contribution in [3.05, 3.63) is 59.4 Å². The van der Waals surface area contributed by atoms with Gasteiger partial charge in [-0.2, -0.15) is 0 Å². The van der Waals surface area contributed by atoms with Crippen LogP contribution in [0.25, 0.3) is 16.7 Å². The van der Waals surface area contributed by atoms with Gasteiger partial charge >= 0.3 is 5.97 Å². The first-order chi connectivity index (χ1) is 11.1. The van der Waals surface area contributed by atoms with Crippen LogP contribution in [0.3, 0.4) is 0 Å². The molecule has 0 spiro atoms. The standard InChI is InChI=1S/C19H17FO3/c1-23-15-7-8-16(18(20)11-15)14-6-5-12-3-2-4-13(10-19(21)22)17(12)9-14/h5-11H,2-4H2,1H3,(H,21,22)/b13-10+. The molecule has 2 aromatic rings. The first kappa shape index (κ1) is 15.3. The van der Waals surface area contributed by atoms with Crippen LogP contribution in [0.15, 0.2) is 42.5 Å². The van der Waals surface area contributed by atoms with Crippen molar-refractivity contribution in [2.75, 3.05) is 7.11 Å². The number of ether oxygens (including phenoxy) is 1. The number of methoxy groups -OCH3 is 1. The highest BCUT2D eigenvalue weighted by Crippen LogP contribution is 2.35. The second-order valence-electron chi connectivity index (χ2n) is 5.58. The fourth-order valence-electron chi connectivity index (χ4n) is 3.02. The summed E-state index contributed by atoms with van der Waals surface area (Å²) in [6.45, 7) is 0. The van der Waals surface area contributed by atoms with Crippen LogP contribution in [0.2, 0.25) is 0 Å². The molecule has 0 radical (unpaired) electrons. The lowest BCUT2D eigenvalue weighted by atomic mass is 9.85. The molecule has 0 heterocycles. The van der Waals surface area contributed by atoms with Crippen LogP contribution in [-0.2, 0) is 11.2 Å². The van der Waals surface area contributed by atoms with E-state index in [1.807, 2.05) is 18.2 Å². The molecule has 1 aliphatic carbocycles. The van der Waals surface area contributed by atoms with Crippen molar-refractivity contribution in [3.8, 4) is 16.9 Å². The molecule has 4 heteroatoms. The number of aliphatic carboxylic acids is 1. The molecule has 0 aromatic heterocycles. The highest BCUT2D eigenvalue weighted by atomic mass is 19.1. The van der Waals surface area contributed by atoms with Gasteiger partial charge in [0.15, 0.2) is 0 Å². The Bertz CT molecular complexity index is 793. The van der Waals surface area contributed by atoms with E-state index in [9.17, 15) is 9.18 Å².